The Morgan fingerprint density at radius 3 is 2.53 bits per heavy atom. The summed E-state index contributed by atoms with van der Waals surface area (Å²) >= 11 is 0. The Morgan fingerprint density at radius 2 is 1.95 bits per heavy atom. The third kappa shape index (κ3) is 6.39. The molecular formula is C15H31N3O. The SMILES string of the molecule is CNCC(C)C(=O)NCCCN1CC(C)CC(C)C1. The molecule has 0 radical (unpaired) electrons. The van der Waals surface area contributed by atoms with Crippen LogP contribution in [-0.2, 0) is 4.79 Å². The summed E-state index contributed by atoms with van der Waals surface area (Å²) in [6.45, 7) is 11.7. The lowest BCUT2D eigenvalue weighted by atomic mass is 9.92. The first kappa shape index (κ1) is 16.4. The van der Waals surface area contributed by atoms with Crippen molar-refractivity contribution in [1.29, 1.82) is 0 Å². The number of carbonyl (C=O) groups is 1. The molecule has 3 unspecified atom stereocenters. The van der Waals surface area contributed by atoms with E-state index in [-0.39, 0.29) is 11.8 Å². The number of rotatable bonds is 7. The highest BCUT2D eigenvalue weighted by atomic mass is 16.1. The maximum Gasteiger partial charge on any atom is 0.224 e. The first-order valence-corrected chi connectivity index (χ1v) is 7.67. The molecule has 1 saturated heterocycles. The Hall–Kier alpha value is -0.610. The van der Waals surface area contributed by atoms with E-state index in [1.165, 1.54) is 19.5 Å². The predicted octanol–water partition coefficient (Wildman–Crippen LogP) is 1.33. The van der Waals surface area contributed by atoms with E-state index in [4.69, 9.17) is 0 Å². The van der Waals surface area contributed by atoms with Crippen LogP contribution in [0.25, 0.3) is 0 Å². The molecule has 2 N–H and O–H groups in total. The summed E-state index contributed by atoms with van der Waals surface area (Å²) < 4.78 is 0. The van der Waals surface area contributed by atoms with E-state index in [9.17, 15) is 4.79 Å². The Morgan fingerprint density at radius 1 is 1.32 bits per heavy atom. The third-order valence-electron chi connectivity index (χ3n) is 3.85. The zero-order chi connectivity index (χ0) is 14.3. The normalized spacial score (nSPS) is 26.1. The van der Waals surface area contributed by atoms with Gasteiger partial charge in [0.2, 0.25) is 5.91 Å². The topological polar surface area (TPSA) is 44.4 Å². The van der Waals surface area contributed by atoms with Crippen molar-refractivity contribution in [3.05, 3.63) is 0 Å². The molecule has 1 aliphatic rings. The van der Waals surface area contributed by atoms with E-state index in [2.05, 4.69) is 29.4 Å². The van der Waals surface area contributed by atoms with Crippen LogP contribution < -0.4 is 10.6 Å². The zero-order valence-electron chi connectivity index (χ0n) is 13.0. The number of carbonyl (C=O) groups excluding carboxylic acids is 1. The second kappa shape index (κ2) is 8.54. The molecule has 4 nitrogen and oxygen atoms in total. The van der Waals surface area contributed by atoms with Gasteiger partial charge in [0.25, 0.3) is 0 Å². The minimum Gasteiger partial charge on any atom is -0.356 e. The van der Waals surface area contributed by atoms with Crippen molar-refractivity contribution in [2.24, 2.45) is 17.8 Å². The molecule has 1 aliphatic heterocycles. The average Bonchev–Trinajstić information content (AvgIpc) is 2.33. The van der Waals surface area contributed by atoms with Gasteiger partial charge in [0.05, 0.1) is 0 Å². The van der Waals surface area contributed by atoms with Crippen LogP contribution in [0.4, 0.5) is 0 Å². The number of nitrogens with one attached hydrogen (secondary N) is 2. The molecule has 112 valence electrons. The summed E-state index contributed by atoms with van der Waals surface area (Å²) in [5, 5.41) is 6.05. The average molecular weight is 269 g/mol. The van der Waals surface area contributed by atoms with Crippen molar-refractivity contribution in [3.8, 4) is 0 Å². The summed E-state index contributed by atoms with van der Waals surface area (Å²) in [5.74, 6) is 1.85. The van der Waals surface area contributed by atoms with Gasteiger partial charge in [-0.2, -0.15) is 0 Å². The smallest absolute Gasteiger partial charge is 0.224 e. The number of hydrogen-bond acceptors (Lipinski definition) is 3. The summed E-state index contributed by atoms with van der Waals surface area (Å²) in [7, 11) is 1.88. The molecule has 3 atom stereocenters. The van der Waals surface area contributed by atoms with Crippen molar-refractivity contribution in [2.75, 3.05) is 39.8 Å². The van der Waals surface area contributed by atoms with Gasteiger partial charge in [-0.15, -0.1) is 0 Å². The number of hydrogen-bond donors (Lipinski definition) is 2. The zero-order valence-corrected chi connectivity index (χ0v) is 13.0. The number of likely N-dealkylation sites (tertiary alicyclic amines) is 1. The quantitative estimate of drug-likeness (QED) is 0.685. The number of amides is 1. The van der Waals surface area contributed by atoms with Crippen LogP contribution in [0.2, 0.25) is 0 Å². The summed E-state index contributed by atoms with van der Waals surface area (Å²) in [6, 6.07) is 0. The van der Waals surface area contributed by atoms with Gasteiger partial charge in [0.15, 0.2) is 0 Å². The maximum absolute atomic E-state index is 11.7. The van der Waals surface area contributed by atoms with Gasteiger partial charge in [-0.3, -0.25) is 4.79 Å². The molecule has 1 amide bonds. The Kier molecular flexibility index (Phi) is 7.39. The van der Waals surface area contributed by atoms with E-state index in [0.29, 0.717) is 0 Å². The molecule has 0 aromatic heterocycles. The largest absolute Gasteiger partial charge is 0.356 e. The summed E-state index contributed by atoms with van der Waals surface area (Å²) in [6.07, 6.45) is 2.41. The molecule has 4 heteroatoms. The van der Waals surface area contributed by atoms with Crippen LogP contribution in [-0.4, -0.2) is 50.6 Å². The van der Waals surface area contributed by atoms with Gasteiger partial charge in [0.1, 0.15) is 0 Å². The highest BCUT2D eigenvalue weighted by Gasteiger charge is 2.21. The van der Waals surface area contributed by atoms with Crippen molar-refractivity contribution >= 4 is 5.91 Å². The fraction of sp³-hybridized carbons (Fsp3) is 0.933. The second-order valence-electron chi connectivity index (χ2n) is 6.31. The van der Waals surface area contributed by atoms with Crippen LogP contribution in [0.5, 0.6) is 0 Å². The van der Waals surface area contributed by atoms with Gasteiger partial charge < -0.3 is 15.5 Å². The Balaban J connectivity index is 2.11. The van der Waals surface area contributed by atoms with Crippen LogP contribution in [0.1, 0.15) is 33.6 Å². The lowest BCUT2D eigenvalue weighted by molar-refractivity contribution is -0.124. The van der Waals surface area contributed by atoms with E-state index < -0.39 is 0 Å². The van der Waals surface area contributed by atoms with Crippen molar-refractivity contribution in [2.45, 2.75) is 33.6 Å². The fourth-order valence-electron chi connectivity index (χ4n) is 3.06. The van der Waals surface area contributed by atoms with E-state index in [0.717, 1.165) is 37.9 Å². The first-order valence-electron chi connectivity index (χ1n) is 7.67. The Bertz CT molecular complexity index is 260. The molecule has 0 aromatic carbocycles. The second-order valence-corrected chi connectivity index (χ2v) is 6.31. The number of nitrogens with zero attached hydrogens (tertiary/aromatic N) is 1. The molecule has 1 fully saturated rings. The van der Waals surface area contributed by atoms with Crippen LogP contribution in [0.3, 0.4) is 0 Å². The monoisotopic (exact) mass is 269 g/mol. The van der Waals surface area contributed by atoms with Crippen LogP contribution in [0.15, 0.2) is 0 Å². The van der Waals surface area contributed by atoms with Crippen molar-refractivity contribution < 1.29 is 4.79 Å². The summed E-state index contributed by atoms with van der Waals surface area (Å²) in [4.78, 5) is 14.3. The molecule has 0 spiro atoms. The van der Waals surface area contributed by atoms with Crippen LogP contribution >= 0.6 is 0 Å². The molecule has 0 aromatic rings. The molecular weight excluding hydrogens is 238 g/mol. The lowest BCUT2D eigenvalue weighted by Gasteiger charge is -2.34. The van der Waals surface area contributed by atoms with E-state index in [1.807, 2.05) is 14.0 Å². The fourth-order valence-corrected chi connectivity index (χ4v) is 3.06. The highest BCUT2D eigenvalue weighted by Crippen LogP contribution is 2.20. The lowest BCUT2D eigenvalue weighted by Crippen LogP contribution is -2.40. The first-order chi connectivity index (χ1) is 9.02. The van der Waals surface area contributed by atoms with Gasteiger partial charge in [0, 0.05) is 32.1 Å². The molecule has 1 heterocycles. The van der Waals surface area contributed by atoms with Gasteiger partial charge in [-0.1, -0.05) is 20.8 Å². The van der Waals surface area contributed by atoms with Gasteiger partial charge in [-0.25, -0.2) is 0 Å². The molecule has 1 rings (SSSR count). The standard InChI is InChI=1S/C15H31N3O/c1-12-8-13(2)11-18(10-12)7-5-6-17-15(19)14(3)9-16-4/h12-14,16H,5-11H2,1-4H3,(H,17,19). The van der Waals surface area contributed by atoms with Crippen LogP contribution in [0, 0.1) is 17.8 Å². The van der Waals surface area contributed by atoms with Gasteiger partial charge in [-0.05, 0) is 38.3 Å². The summed E-state index contributed by atoms with van der Waals surface area (Å²) in [5.41, 5.74) is 0. The van der Waals surface area contributed by atoms with E-state index in [1.54, 1.807) is 0 Å². The van der Waals surface area contributed by atoms with Crippen molar-refractivity contribution in [1.82, 2.24) is 15.5 Å². The van der Waals surface area contributed by atoms with E-state index >= 15 is 0 Å². The molecule has 0 saturated carbocycles. The predicted molar refractivity (Wildman–Crippen MR) is 80.1 cm³/mol. The number of piperidine rings is 1. The Labute approximate surface area is 118 Å². The third-order valence-corrected chi connectivity index (χ3v) is 3.85. The van der Waals surface area contributed by atoms with Gasteiger partial charge >= 0.3 is 0 Å². The van der Waals surface area contributed by atoms with Crippen molar-refractivity contribution in [3.63, 3.8) is 0 Å². The molecule has 19 heavy (non-hydrogen) atoms. The minimum absolute atomic E-state index is 0.0556. The highest BCUT2D eigenvalue weighted by molar-refractivity contribution is 5.78. The maximum atomic E-state index is 11.7. The molecule has 0 bridgehead atoms. The minimum atomic E-state index is 0.0556. The molecule has 0 aliphatic carbocycles.